The molecule has 1 heterocycles. The molecule has 136 valence electrons. The lowest BCUT2D eigenvalue weighted by Gasteiger charge is -2.36. The van der Waals surface area contributed by atoms with Crippen LogP contribution in [0.3, 0.4) is 0 Å². The summed E-state index contributed by atoms with van der Waals surface area (Å²) in [5.74, 6) is -0.202. The maximum Gasteiger partial charge on any atom is 0.235 e. The van der Waals surface area contributed by atoms with Gasteiger partial charge < -0.3 is 15.4 Å². The number of ether oxygens (including phenoxy) is 1. The molecular weight excluding hydrogens is 396 g/mol. The number of benzene rings is 2. The first-order valence-electron chi connectivity index (χ1n) is 8.52. The molecule has 5 nitrogen and oxygen atoms in total. The molecule has 0 radical (unpaired) electrons. The lowest BCUT2D eigenvalue weighted by molar-refractivity contribution is -0.125. The Morgan fingerprint density at radius 3 is 2.23 bits per heavy atom. The number of rotatable bonds is 4. The minimum atomic E-state index is -0.622. The minimum Gasteiger partial charge on any atom is -0.381 e. The molecular formula is C20H21BrN2O3. The van der Waals surface area contributed by atoms with Gasteiger partial charge in [-0.15, -0.1) is 0 Å². The summed E-state index contributed by atoms with van der Waals surface area (Å²) in [5, 5.41) is 5.75. The third kappa shape index (κ3) is 4.14. The molecule has 0 atom stereocenters. The SMILES string of the molecule is CC(=O)Nc1cccc(NC(=O)C2(c3ccc(Br)cc3)CCOCC2)c1. The van der Waals surface area contributed by atoms with E-state index in [9.17, 15) is 9.59 Å². The first-order valence-corrected chi connectivity index (χ1v) is 9.32. The van der Waals surface area contributed by atoms with Crippen LogP contribution in [0.15, 0.2) is 53.0 Å². The standard InChI is InChI=1S/C20H21BrN2O3/c1-14(24)22-17-3-2-4-18(13-17)23-19(25)20(9-11-26-12-10-20)15-5-7-16(21)8-6-15/h2-8,13H,9-12H2,1H3,(H,22,24)(H,23,25). The van der Waals surface area contributed by atoms with Gasteiger partial charge in [-0.2, -0.15) is 0 Å². The molecule has 0 spiro atoms. The first-order chi connectivity index (χ1) is 12.5. The number of nitrogens with one attached hydrogen (secondary N) is 2. The molecule has 0 bridgehead atoms. The number of hydrogen-bond donors (Lipinski definition) is 2. The van der Waals surface area contributed by atoms with Gasteiger partial charge in [0.2, 0.25) is 11.8 Å². The van der Waals surface area contributed by atoms with Crippen LogP contribution >= 0.6 is 15.9 Å². The summed E-state index contributed by atoms with van der Waals surface area (Å²) in [7, 11) is 0. The topological polar surface area (TPSA) is 67.4 Å². The molecule has 3 rings (SSSR count). The van der Waals surface area contributed by atoms with Gasteiger partial charge in [-0.3, -0.25) is 9.59 Å². The molecule has 0 unspecified atom stereocenters. The molecule has 1 aliphatic rings. The average molecular weight is 417 g/mol. The molecule has 2 aromatic carbocycles. The normalized spacial score (nSPS) is 15.9. The average Bonchev–Trinajstić information content (AvgIpc) is 2.62. The van der Waals surface area contributed by atoms with Gasteiger partial charge >= 0.3 is 0 Å². The summed E-state index contributed by atoms with van der Waals surface area (Å²) in [6.45, 7) is 2.56. The van der Waals surface area contributed by atoms with Crippen molar-refractivity contribution in [3.05, 3.63) is 58.6 Å². The Morgan fingerprint density at radius 2 is 1.62 bits per heavy atom. The smallest absolute Gasteiger partial charge is 0.235 e. The third-order valence-corrected chi connectivity index (χ3v) is 5.15. The Labute approximate surface area is 161 Å². The van der Waals surface area contributed by atoms with Gasteiger partial charge in [0.1, 0.15) is 0 Å². The van der Waals surface area contributed by atoms with Crippen LogP contribution in [0, 0.1) is 0 Å². The van der Waals surface area contributed by atoms with E-state index >= 15 is 0 Å². The largest absolute Gasteiger partial charge is 0.381 e. The van der Waals surface area contributed by atoms with E-state index in [1.165, 1.54) is 6.92 Å². The fraction of sp³-hybridized carbons (Fsp3) is 0.300. The summed E-state index contributed by atoms with van der Waals surface area (Å²) < 4.78 is 6.48. The lowest BCUT2D eigenvalue weighted by Crippen LogP contribution is -2.44. The van der Waals surface area contributed by atoms with E-state index in [0.29, 0.717) is 37.4 Å². The van der Waals surface area contributed by atoms with E-state index in [2.05, 4.69) is 26.6 Å². The Hall–Kier alpha value is -2.18. The Bertz CT molecular complexity index is 799. The predicted molar refractivity (Wildman–Crippen MR) is 105 cm³/mol. The quantitative estimate of drug-likeness (QED) is 0.788. The van der Waals surface area contributed by atoms with Crippen molar-refractivity contribution in [3.63, 3.8) is 0 Å². The number of halogens is 1. The van der Waals surface area contributed by atoms with Crippen LogP contribution in [0.4, 0.5) is 11.4 Å². The van der Waals surface area contributed by atoms with Gasteiger partial charge in [-0.05, 0) is 48.7 Å². The van der Waals surface area contributed by atoms with Crippen molar-refractivity contribution in [3.8, 4) is 0 Å². The van der Waals surface area contributed by atoms with E-state index in [1.807, 2.05) is 30.3 Å². The third-order valence-electron chi connectivity index (χ3n) is 4.62. The highest BCUT2D eigenvalue weighted by molar-refractivity contribution is 9.10. The van der Waals surface area contributed by atoms with Crippen molar-refractivity contribution in [2.24, 2.45) is 0 Å². The second-order valence-electron chi connectivity index (χ2n) is 6.42. The Kier molecular flexibility index (Phi) is 5.74. The van der Waals surface area contributed by atoms with E-state index in [-0.39, 0.29) is 11.8 Å². The summed E-state index contributed by atoms with van der Waals surface area (Å²) in [5.41, 5.74) is 1.67. The van der Waals surface area contributed by atoms with Crippen LogP contribution in [0.5, 0.6) is 0 Å². The van der Waals surface area contributed by atoms with E-state index in [0.717, 1.165) is 10.0 Å². The molecule has 26 heavy (non-hydrogen) atoms. The predicted octanol–water partition coefficient (Wildman–Crippen LogP) is 4.09. The molecule has 1 aliphatic heterocycles. The molecule has 2 N–H and O–H groups in total. The van der Waals surface area contributed by atoms with Crippen molar-refractivity contribution in [1.29, 1.82) is 0 Å². The lowest BCUT2D eigenvalue weighted by atomic mass is 9.73. The van der Waals surface area contributed by atoms with Crippen molar-refractivity contribution < 1.29 is 14.3 Å². The number of carbonyl (C=O) groups excluding carboxylic acids is 2. The molecule has 2 aromatic rings. The van der Waals surface area contributed by atoms with Crippen molar-refractivity contribution >= 4 is 39.1 Å². The van der Waals surface area contributed by atoms with Crippen LogP contribution in [0.1, 0.15) is 25.3 Å². The van der Waals surface area contributed by atoms with Gasteiger partial charge in [0.05, 0.1) is 5.41 Å². The summed E-state index contributed by atoms with van der Waals surface area (Å²) in [6, 6.07) is 15.1. The van der Waals surface area contributed by atoms with Crippen LogP contribution in [0.2, 0.25) is 0 Å². The first kappa shape index (κ1) is 18.6. The fourth-order valence-electron chi connectivity index (χ4n) is 3.26. The minimum absolute atomic E-state index is 0.0527. The van der Waals surface area contributed by atoms with E-state index in [1.54, 1.807) is 18.2 Å². The summed E-state index contributed by atoms with van der Waals surface area (Å²) in [6.07, 6.45) is 1.26. The molecule has 6 heteroatoms. The zero-order valence-corrected chi connectivity index (χ0v) is 16.1. The van der Waals surface area contributed by atoms with Crippen molar-refractivity contribution in [2.45, 2.75) is 25.2 Å². The molecule has 0 aromatic heterocycles. The van der Waals surface area contributed by atoms with Crippen molar-refractivity contribution in [2.75, 3.05) is 23.8 Å². The van der Waals surface area contributed by atoms with E-state index < -0.39 is 5.41 Å². The molecule has 0 saturated carbocycles. The fourth-order valence-corrected chi connectivity index (χ4v) is 3.53. The molecule has 1 fully saturated rings. The maximum atomic E-state index is 13.2. The monoisotopic (exact) mass is 416 g/mol. The van der Waals surface area contributed by atoms with E-state index in [4.69, 9.17) is 4.74 Å². The van der Waals surface area contributed by atoms with Gasteiger partial charge in [0.15, 0.2) is 0 Å². The van der Waals surface area contributed by atoms with Crippen LogP contribution in [0.25, 0.3) is 0 Å². The maximum absolute atomic E-state index is 13.2. The molecule has 1 saturated heterocycles. The zero-order valence-electron chi connectivity index (χ0n) is 14.5. The second kappa shape index (κ2) is 8.01. The highest BCUT2D eigenvalue weighted by atomic mass is 79.9. The van der Waals surface area contributed by atoms with Gasteiger partial charge in [0, 0.05) is 36.0 Å². The Balaban J connectivity index is 1.87. The highest BCUT2D eigenvalue weighted by Crippen LogP contribution is 2.37. The number of carbonyl (C=O) groups is 2. The Morgan fingerprint density at radius 1 is 1.00 bits per heavy atom. The summed E-state index contributed by atoms with van der Waals surface area (Å²) >= 11 is 3.45. The molecule has 2 amide bonds. The zero-order chi connectivity index (χ0) is 18.6. The van der Waals surface area contributed by atoms with Gasteiger partial charge in [0.25, 0.3) is 0 Å². The van der Waals surface area contributed by atoms with Crippen molar-refractivity contribution in [1.82, 2.24) is 0 Å². The number of hydrogen-bond acceptors (Lipinski definition) is 3. The van der Waals surface area contributed by atoms with Crippen LogP contribution in [-0.4, -0.2) is 25.0 Å². The second-order valence-corrected chi connectivity index (χ2v) is 7.33. The van der Waals surface area contributed by atoms with Gasteiger partial charge in [-0.25, -0.2) is 0 Å². The highest BCUT2D eigenvalue weighted by Gasteiger charge is 2.41. The summed E-state index contributed by atoms with van der Waals surface area (Å²) in [4.78, 5) is 24.5. The molecule has 0 aliphatic carbocycles. The van der Waals surface area contributed by atoms with Crippen LogP contribution < -0.4 is 10.6 Å². The van der Waals surface area contributed by atoms with Gasteiger partial charge in [-0.1, -0.05) is 34.1 Å². The number of amides is 2. The number of anilines is 2. The van der Waals surface area contributed by atoms with Crippen LogP contribution in [-0.2, 0) is 19.7 Å².